The zero-order valence-corrected chi connectivity index (χ0v) is 15.1. The maximum absolute atomic E-state index is 11.7. The molecule has 1 saturated heterocycles. The van der Waals surface area contributed by atoms with Crippen molar-refractivity contribution in [3.63, 3.8) is 0 Å². The van der Waals surface area contributed by atoms with Crippen LogP contribution in [-0.4, -0.2) is 46.9 Å². The first kappa shape index (κ1) is 16.0. The second kappa shape index (κ2) is 6.22. The van der Waals surface area contributed by atoms with Gasteiger partial charge in [0.1, 0.15) is 5.84 Å². The molecule has 2 aromatic carbocycles. The Morgan fingerprint density at radius 2 is 1.73 bits per heavy atom. The van der Waals surface area contributed by atoms with E-state index in [1.165, 1.54) is 42.6 Å². The number of amidine groups is 1. The number of fused-ring (bicyclic) bond motifs is 3. The lowest BCUT2D eigenvalue weighted by atomic mass is 9.86. The molecule has 0 amide bonds. The third-order valence-electron chi connectivity index (χ3n) is 6.00. The molecule has 0 aromatic heterocycles. The van der Waals surface area contributed by atoms with Crippen LogP contribution in [-0.2, 0) is 18.7 Å². The highest BCUT2D eigenvalue weighted by Crippen LogP contribution is 2.38. The van der Waals surface area contributed by atoms with Crippen molar-refractivity contribution in [2.75, 3.05) is 26.2 Å². The average Bonchev–Trinajstić information content (AvgIpc) is 3.35. The molecule has 3 heterocycles. The quantitative estimate of drug-likeness (QED) is 0.928. The number of hydrogen-bond donors (Lipinski definition) is 1. The van der Waals surface area contributed by atoms with E-state index in [-0.39, 0.29) is 0 Å². The normalized spacial score (nSPS) is 25.1. The molecule has 3 aliphatic heterocycles. The zero-order chi connectivity index (χ0) is 17.6. The van der Waals surface area contributed by atoms with Crippen LogP contribution >= 0.6 is 0 Å². The fourth-order valence-corrected chi connectivity index (χ4v) is 4.63. The molecule has 0 saturated carbocycles. The Balaban J connectivity index is 1.46. The van der Waals surface area contributed by atoms with Gasteiger partial charge in [-0.3, -0.25) is 9.89 Å². The van der Waals surface area contributed by atoms with Gasteiger partial charge in [0.05, 0.1) is 6.54 Å². The first-order valence-electron chi connectivity index (χ1n) is 9.68. The van der Waals surface area contributed by atoms with Crippen LogP contribution in [0.25, 0.3) is 0 Å². The molecule has 1 unspecified atom stereocenters. The van der Waals surface area contributed by atoms with Crippen LogP contribution < -0.4 is 0 Å². The summed E-state index contributed by atoms with van der Waals surface area (Å²) in [4.78, 5) is 9.28. The van der Waals surface area contributed by atoms with Gasteiger partial charge >= 0.3 is 0 Å². The minimum absolute atomic E-state index is 0.605. The van der Waals surface area contributed by atoms with E-state index in [1.54, 1.807) is 0 Å². The van der Waals surface area contributed by atoms with Crippen molar-refractivity contribution in [2.24, 2.45) is 4.99 Å². The van der Waals surface area contributed by atoms with E-state index in [0.29, 0.717) is 6.42 Å². The SMILES string of the molecule is OC1(c2ccc(CN3CCCC3)cc2)Cc2ccccc2C2=NCCN21. The van der Waals surface area contributed by atoms with E-state index in [0.717, 1.165) is 31.0 Å². The van der Waals surface area contributed by atoms with Gasteiger partial charge in [0.2, 0.25) is 0 Å². The van der Waals surface area contributed by atoms with Gasteiger partial charge in [-0.15, -0.1) is 0 Å². The molecule has 3 aliphatic rings. The molecule has 1 N–H and O–H groups in total. The van der Waals surface area contributed by atoms with Gasteiger partial charge in [-0.1, -0.05) is 48.5 Å². The lowest BCUT2D eigenvalue weighted by Crippen LogP contribution is -2.53. The second-order valence-corrected chi connectivity index (χ2v) is 7.69. The molecule has 1 fully saturated rings. The molecular formula is C22H25N3O. The summed E-state index contributed by atoms with van der Waals surface area (Å²) in [5, 5.41) is 11.7. The minimum atomic E-state index is -1.00. The molecule has 0 bridgehead atoms. The zero-order valence-electron chi connectivity index (χ0n) is 15.1. The van der Waals surface area contributed by atoms with E-state index < -0.39 is 5.72 Å². The van der Waals surface area contributed by atoms with Crippen molar-refractivity contribution >= 4 is 5.84 Å². The van der Waals surface area contributed by atoms with Crippen LogP contribution in [0.15, 0.2) is 53.5 Å². The number of nitrogens with zero attached hydrogens (tertiary/aromatic N) is 3. The van der Waals surface area contributed by atoms with Crippen molar-refractivity contribution in [3.8, 4) is 0 Å². The van der Waals surface area contributed by atoms with Crippen LogP contribution in [0.4, 0.5) is 0 Å². The Bertz CT molecular complexity index is 839. The fraction of sp³-hybridized carbons (Fsp3) is 0.409. The third-order valence-corrected chi connectivity index (χ3v) is 6.00. The predicted molar refractivity (Wildman–Crippen MR) is 103 cm³/mol. The summed E-state index contributed by atoms with van der Waals surface area (Å²) >= 11 is 0. The predicted octanol–water partition coefficient (Wildman–Crippen LogP) is 2.75. The Kier molecular flexibility index (Phi) is 3.84. The summed E-state index contributed by atoms with van der Waals surface area (Å²) in [5.74, 6) is 0.940. The van der Waals surface area contributed by atoms with Gasteiger partial charge < -0.3 is 10.0 Å². The molecule has 2 aromatic rings. The summed E-state index contributed by atoms with van der Waals surface area (Å²) in [6, 6.07) is 16.9. The van der Waals surface area contributed by atoms with E-state index >= 15 is 0 Å². The van der Waals surface area contributed by atoms with E-state index in [9.17, 15) is 5.11 Å². The van der Waals surface area contributed by atoms with Crippen molar-refractivity contribution in [1.82, 2.24) is 9.80 Å². The average molecular weight is 347 g/mol. The maximum Gasteiger partial charge on any atom is 0.169 e. The molecule has 1 atom stereocenters. The summed E-state index contributed by atoms with van der Waals surface area (Å²) < 4.78 is 0. The van der Waals surface area contributed by atoms with Crippen LogP contribution in [0.2, 0.25) is 0 Å². The van der Waals surface area contributed by atoms with Crippen LogP contribution in [0.1, 0.15) is 35.1 Å². The lowest BCUT2D eigenvalue weighted by Gasteiger charge is -2.43. The summed E-state index contributed by atoms with van der Waals surface area (Å²) in [5.41, 5.74) is 3.63. The Morgan fingerprint density at radius 1 is 0.962 bits per heavy atom. The molecule has 5 rings (SSSR count). The molecule has 26 heavy (non-hydrogen) atoms. The highest BCUT2D eigenvalue weighted by atomic mass is 16.3. The first-order chi connectivity index (χ1) is 12.7. The number of hydrogen-bond acceptors (Lipinski definition) is 4. The Morgan fingerprint density at radius 3 is 2.54 bits per heavy atom. The monoisotopic (exact) mass is 347 g/mol. The molecule has 0 radical (unpaired) electrons. The summed E-state index contributed by atoms with van der Waals surface area (Å²) in [6.45, 7) is 4.94. The lowest BCUT2D eigenvalue weighted by molar-refractivity contribution is -0.0745. The highest BCUT2D eigenvalue weighted by molar-refractivity contribution is 6.02. The van der Waals surface area contributed by atoms with Crippen LogP contribution in [0.3, 0.4) is 0 Å². The molecule has 4 nitrogen and oxygen atoms in total. The van der Waals surface area contributed by atoms with Crippen LogP contribution in [0, 0.1) is 0 Å². The molecular weight excluding hydrogens is 322 g/mol. The van der Waals surface area contributed by atoms with Gasteiger partial charge in [-0.25, -0.2) is 0 Å². The highest BCUT2D eigenvalue weighted by Gasteiger charge is 2.44. The van der Waals surface area contributed by atoms with Crippen LogP contribution in [0.5, 0.6) is 0 Å². The smallest absolute Gasteiger partial charge is 0.169 e. The molecule has 0 aliphatic carbocycles. The third kappa shape index (κ3) is 2.56. The number of aliphatic hydroxyl groups is 1. The largest absolute Gasteiger partial charge is 0.366 e. The number of benzene rings is 2. The van der Waals surface area contributed by atoms with Crippen molar-refractivity contribution in [1.29, 1.82) is 0 Å². The Labute approximate surface area is 154 Å². The van der Waals surface area contributed by atoms with E-state index in [1.807, 2.05) is 6.07 Å². The van der Waals surface area contributed by atoms with Gasteiger partial charge in [0, 0.05) is 30.6 Å². The Hall–Kier alpha value is -2.17. The van der Waals surface area contributed by atoms with Gasteiger partial charge in [-0.05, 0) is 37.1 Å². The van der Waals surface area contributed by atoms with Gasteiger partial charge in [0.25, 0.3) is 0 Å². The molecule has 4 heteroatoms. The standard InChI is InChI=1S/C22H25N3O/c26-22(19-9-7-17(8-10-19)16-24-12-3-4-13-24)15-18-5-1-2-6-20(18)21-23-11-14-25(21)22/h1-2,5-10,26H,3-4,11-16H2. The molecule has 0 spiro atoms. The van der Waals surface area contributed by atoms with Gasteiger partial charge in [-0.2, -0.15) is 0 Å². The maximum atomic E-state index is 11.7. The number of aliphatic imine (C=N–C) groups is 1. The fourth-order valence-electron chi connectivity index (χ4n) is 4.63. The minimum Gasteiger partial charge on any atom is -0.366 e. The van der Waals surface area contributed by atoms with E-state index in [4.69, 9.17) is 0 Å². The second-order valence-electron chi connectivity index (χ2n) is 7.69. The van der Waals surface area contributed by atoms with Gasteiger partial charge in [0.15, 0.2) is 5.72 Å². The topological polar surface area (TPSA) is 39.1 Å². The first-order valence-corrected chi connectivity index (χ1v) is 9.68. The van der Waals surface area contributed by atoms with Crippen molar-refractivity contribution < 1.29 is 5.11 Å². The summed E-state index contributed by atoms with van der Waals surface area (Å²) in [7, 11) is 0. The van der Waals surface area contributed by atoms with E-state index in [2.05, 4.69) is 57.3 Å². The van der Waals surface area contributed by atoms with Crippen molar-refractivity contribution in [3.05, 3.63) is 70.8 Å². The molecule has 134 valence electrons. The summed E-state index contributed by atoms with van der Waals surface area (Å²) in [6.07, 6.45) is 3.23. The number of likely N-dealkylation sites (tertiary alicyclic amines) is 1. The van der Waals surface area contributed by atoms with Crippen molar-refractivity contribution in [2.45, 2.75) is 31.5 Å². The number of rotatable bonds is 3.